The van der Waals surface area contributed by atoms with E-state index in [9.17, 15) is 9.90 Å². The number of fused-ring (bicyclic) bond motifs is 1. The number of pyridine rings is 1. The molecule has 0 aliphatic carbocycles. The van der Waals surface area contributed by atoms with Gasteiger partial charge in [-0.15, -0.1) is 0 Å². The molecule has 1 heterocycles. The van der Waals surface area contributed by atoms with Crippen molar-refractivity contribution in [2.75, 3.05) is 12.0 Å². The molecule has 0 saturated heterocycles. The molecule has 1 aromatic heterocycles. The van der Waals surface area contributed by atoms with Crippen molar-refractivity contribution in [2.24, 2.45) is 0 Å². The normalized spacial score (nSPS) is 10.8. The molecule has 4 heteroatoms. The third-order valence-electron chi connectivity index (χ3n) is 2.89. The summed E-state index contributed by atoms with van der Waals surface area (Å²) >= 11 is 1.70. The van der Waals surface area contributed by atoms with Gasteiger partial charge in [-0.25, -0.2) is 4.79 Å². The lowest BCUT2D eigenvalue weighted by molar-refractivity contribution is 0.0698. The zero-order valence-corrected chi connectivity index (χ0v) is 11.3. The first kappa shape index (κ1) is 12.9. The van der Waals surface area contributed by atoms with Crippen molar-refractivity contribution in [1.82, 2.24) is 4.98 Å². The molecule has 0 saturated carbocycles. The largest absolute Gasteiger partial charge is 0.478 e. The van der Waals surface area contributed by atoms with Gasteiger partial charge in [-0.3, -0.25) is 4.98 Å². The first-order chi connectivity index (χ1) is 8.63. The average Bonchev–Trinajstić information content (AvgIpc) is 2.34. The molecule has 3 nitrogen and oxygen atoms in total. The van der Waals surface area contributed by atoms with E-state index >= 15 is 0 Å². The number of aryl methyl sites for hydroxylation is 2. The van der Waals surface area contributed by atoms with E-state index in [2.05, 4.69) is 4.98 Å². The predicted octanol–water partition coefficient (Wildman–Crippen LogP) is 3.15. The highest BCUT2D eigenvalue weighted by Crippen LogP contribution is 2.23. The van der Waals surface area contributed by atoms with Crippen molar-refractivity contribution in [3.05, 3.63) is 41.1 Å². The van der Waals surface area contributed by atoms with Crippen molar-refractivity contribution in [2.45, 2.75) is 13.3 Å². The number of benzene rings is 1. The Morgan fingerprint density at radius 2 is 2.22 bits per heavy atom. The lowest BCUT2D eigenvalue weighted by Crippen LogP contribution is -2.06. The highest BCUT2D eigenvalue weighted by atomic mass is 32.2. The summed E-state index contributed by atoms with van der Waals surface area (Å²) in [5.41, 5.74) is 3.01. The molecule has 0 radical (unpaired) electrons. The summed E-state index contributed by atoms with van der Waals surface area (Å²) < 4.78 is 0. The van der Waals surface area contributed by atoms with Gasteiger partial charge in [0, 0.05) is 11.6 Å². The Bertz CT molecular complexity index is 596. The van der Waals surface area contributed by atoms with Crippen LogP contribution in [0.4, 0.5) is 0 Å². The number of carboxylic acid groups (broad SMARTS) is 1. The average molecular weight is 261 g/mol. The van der Waals surface area contributed by atoms with Crippen molar-refractivity contribution in [3.8, 4) is 0 Å². The van der Waals surface area contributed by atoms with E-state index in [-0.39, 0.29) is 0 Å². The van der Waals surface area contributed by atoms with Crippen molar-refractivity contribution in [1.29, 1.82) is 0 Å². The number of carbonyl (C=O) groups is 1. The number of aromatic carboxylic acids is 1. The number of aromatic nitrogens is 1. The van der Waals surface area contributed by atoms with Crippen LogP contribution in [0.2, 0.25) is 0 Å². The van der Waals surface area contributed by atoms with Gasteiger partial charge in [-0.1, -0.05) is 11.6 Å². The molecule has 0 spiro atoms. The number of rotatable bonds is 4. The van der Waals surface area contributed by atoms with Crippen LogP contribution in [0.15, 0.2) is 24.4 Å². The van der Waals surface area contributed by atoms with E-state index in [0.717, 1.165) is 34.2 Å². The van der Waals surface area contributed by atoms with Gasteiger partial charge in [-0.05, 0) is 43.0 Å². The van der Waals surface area contributed by atoms with Crippen LogP contribution in [-0.4, -0.2) is 28.1 Å². The fourth-order valence-corrected chi connectivity index (χ4v) is 2.43. The summed E-state index contributed by atoms with van der Waals surface area (Å²) in [7, 11) is 0. The third-order valence-corrected chi connectivity index (χ3v) is 3.50. The van der Waals surface area contributed by atoms with Crippen LogP contribution in [0, 0.1) is 6.92 Å². The van der Waals surface area contributed by atoms with E-state index in [1.165, 1.54) is 0 Å². The van der Waals surface area contributed by atoms with Crippen molar-refractivity contribution in [3.63, 3.8) is 0 Å². The molecule has 1 aromatic carbocycles. The zero-order chi connectivity index (χ0) is 13.1. The Hall–Kier alpha value is -1.55. The molecule has 2 rings (SSSR count). The van der Waals surface area contributed by atoms with Gasteiger partial charge in [0.25, 0.3) is 0 Å². The number of nitrogens with zero attached hydrogens (tertiary/aromatic N) is 1. The van der Waals surface area contributed by atoms with E-state index in [4.69, 9.17) is 0 Å². The maximum atomic E-state index is 11.5. The molecule has 0 atom stereocenters. The monoisotopic (exact) mass is 261 g/mol. The first-order valence-corrected chi connectivity index (χ1v) is 7.13. The minimum absolute atomic E-state index is 0.401. The summed E-state index contributed by atoms with van der Waals surface area (Å²) in [5, 5.41) is 10.2. The minimum atomic E-state index is -0.871. The Kier molecular flexibility index (Phi) is 3.87. The molecule has 0 fully saturated rings. The molecule has 0 aliphatic rings. The van der Waals surface area contributed by atoms with Crippen LogP contribution in [0.5, 0.6) is 0 Å². The van der Waals surface area contributed by atoms with Crippen LogP contribution >= 0.6 is 11.8 Å². The highest BCUT2D eigenvalue weighted by molar-refractivity contribution is 7.98. The fourth-order valence-electron chi connectivity index (χ4n) is 2.00. The second-order valence-electron chi connectivity index (χ2n) is 4.23. The highest BCUT2D eigenvalue weighted by Gasteiger charge is 2.15. The Balaban J connectivity index is 2.65. The van der Waals surface area contributed by atoms with Gasteiger partial charge in [-0.2, -0.15) is 11.8 Å². The van der Waals surface area contributed by atoms with Gasteiger partial charge in [0.1, 0.15) is 0 Å². The summed E-state index contributed by atoms with van der Waals surface area (Å²) in [4.78, 5) is 15.8. The van der Waals surface area contributed by atoms with Crippen LogP contribution < -0.4 is 0 Å². The van der Waals surface area contributed by atoms with Gasteiger partial charge < -0.3 is 5.11 Å². The standard InChI is InChI=1S/C14H15NO2S/c1-9-3-4-12-11(7-9)13(14(16)17)10(8-15-12)5-6-18-2/h3-4,7-8H,5-6H2,1-2H3,(H,16,17). The maximum Gasteiger partial charge on any atom is 0.336 e. The summed E-state index contributed by atoms with van der Waals surface area (Å²) in [6, 6.07) is 5.71. The maximum absolute atomic E-state index is 11.5. The molecule has 0 aliphatic heterocycles. The van der Waals surface area contributed by atoms with Crippen molar-refractivity contribution >= 4 is 28.6 Å². The molecule has 0 amide bonds. The number of hydrogen-bond donors (Lipinski definition) is 1. The summed E-state index contributed by atoms with van der Waals surface area (Å²) in [6.07, 6.45) is 4.44. The Morgan fingerprint density at radius 3 is 2.89 bits per heavy atom. The third kappa shape index (κ3) is 2.48. The van der Waals surface area contributed by atoms with Crippen LogP contribution in [0.1, 0.15) is 21.5 Å². The van der Waals surface area contributed by atoms with Gasteiger partial charge in [0.05, 0.1) is 11.1 Å². The fraction of sp³-hybridized carbons (Fsp3) is 0.286. The van der Waals surface area contributed by atoms with Crippen LogP contribution in [-0.2, 0) is 6.42 Å². The molecule has 2 aromatic rings. The van der Waals surface area contributed by atoms with Crippen LogP contribution in [0.3, 0.4) is 0 Å². The molecule has 0 bridgehead atoms. The Labute approximate surface area is 110 Å². The van der Waals surface area contributed by atoms with Gasteiger partial charge in [0.15, 0.2) is 0 Å². The zero-order valence-electron chi connectivity index (χ0n) is 10.4. The lowest BCUT2D eigenvalue weighted by Gasteiger charge is -2.09. The first-order valence-electron chi connectivity index (χ1n) is 5.74. The molecular weight excluding hydrogens is 246 g/mol. The van der Waals surface area contributed by atoms with E-state index in [1.807, 2.05) is 31.4 Å². The Morgan fingerprint density at radius 1 is 1.44 bits per heavy atom. The predicted molar refractivity (Wildman–Crippen MR) is 75.5 cm³/mol. The topological polar surface area (TPSA) is 50.2 Å². The quantitative estimate of drug-likeness (QED) is 0.918. The second kappa shape index (κ2) is 5.40. The molecule has 1 N–H and O–H groups in total. The summed E-state index contributed by atoms with van der Waals surface area (Å²) in [6.45, 7) is 1.96. The molecule has 0 unspecified atom stereocenters. The van der Waals surface area contributed by atoms with Crippen LogP contribution in [0.25, 0.3) is 10.9 Å². The summed E-state index contributed by atoms with van der Waals surface area (Å²) in [5.74, 6) is 0.0309. The number of carboxylic acids is 1. The second-order valence-corrected chi connectivity index (χ2v) is 5.21. The van der Waals surface area contributed by atoms with Crippen molar-refractivity contribution < 1.29 is 9.90 Å². The van der Waals surface area contributed by atoms with E-state index in [0.29, 0.717) is 5.56 Å². The van der Waals surface area contributed by atoms with Gasteiger partial charge >= 0.3 is 5.97 Å². The molecular formula is C14H15NO2S. The van der Waals surface area contributed by atoms with E-state index in [1.54, 1.807) is 18.0 Å². The smallest absolute Gasteiger partial charge is 0.336 e. The number of thioether (sulfide) groups is 1. The molecule has 94 valence electrons. The lowest BCUT2D eigenvalue weighted by atomic mass is 10.0. The SMILES string of the molecule is CSCCc1cnc2ccc(C)cc2c1C(=O)O. The van der Waals surface area contributed by atoms with Gasteiger partial charge in [0.2, 0.25) is 0 Å². The van der Waals surface area contributed by atoms with E-state index < -0.39 is 5.97 Å². The molecule has 18 heavy (non-hydrogen) atoms. The minimum Gasteiger partial charge on any atom is -0.478 e. The number of hydrogen-bond acceptors (Lipinski definition) is 3.